The van der Waals surface area contributed by atoms with E-state index in [1.165, 1.54) is 22.0 Å². The Labute approximate surface area is 175 Å². The molecular weight excluding hydrogens is 376 g/mol. The first-order valence-corrected chi connectivity index (χ1v) is 9.92. The van der Waals surface area contributed by atoms with Crippen LogP contribution in [-0.2, 0) is 0 Å². The van der Waals surface area contributed by atoms with Gasteiger partial charge in [0.15, 0.2) is 0 Å². The van der Waals surface area contributed by atoms with Gasteiger partial charge in [0, 0.05) is 18.1 Å². The zero-order valence-corrected chi connectivity index (χ0v) is 17.5. The predicted molar refractivity (Wildman–Crippen MR) is 114 cm³/mol. The first kappa shape index (κ1) is 19.7. The molecule has 0 aliphatic carbocycles. The number of nitrogens with one attached hydrogen (secondary N) is 1. The summed E-state index contributed by atoms with van der Waals surface area (Å²) in [5, 5.41) is 7.37. The summed E-state index contributed by atoms with van der Waals surface area (Å²) in [4.78, 5) is 26.2. The maximum absolute atomic E-state index is 13.4. The van der Waals surface area contributed by atoms with Crippen molar-refractivity contribution in [1.82, 2.24) is 29.9 Å². The van der Waals surface area contributed by atoms with E-state index in [1.54, 1.807) is 18.5 Å². The van der Waals surface area contributed by atoms with Gasteiger partial charge in [-0.2, -0.15) is 14.6 Å². The highest BCUT2D eigenvalue weighted by atomic mass is 16.2. The van der Waals surface area contributed by atoms with Crippen LogP contribution >= 0.6 is 0 Å². The summed E-state index contributed by atoms with van der Waals surface area (Å²) in [6.45, 7) is 8.21. The van der Waals surface area contributed by atoms with Gasteiger partial charge >= 0.3 is 0 Å². The fourth-order valence-corrected chi connectivity index (χ4v) is 3.35. The summed E-state index contributed by atoms with van der Waals surface area (Å²) in [7, 11) is 0. The first-order valence-electron chi connectivity index (χ1n) is 9.92. The third-order valence-electron chi connectivity index (χ3n) is 5.27. The van der Waals surface area contributed by atoms with Crippen LogP contribution in [-0.4, -0.2) is 30.5 Å². The molecule has 7 heteroatoms. The number of pyridine rings is 1. The third-order valence-corrected chi connectivity index (χ3v) is 5.27. The number of benzene rings is 1. The summed E-state index contributed by atoms with van der Waals surface area (Å²) < 4.78 is 1.48. The van der Waals surface area contributed by atoms with E-state index >= 15 is 0 Å². The molecule has 3 heterocycles. The summed E-state index contributed by atoms with van der Waals surface area (Å²) in [5.41, 5.74) is 5.54. The van der Waals surface area contributed by atoms with E-state index in [0.29, 0.717) is 11.5 Å². The van der Waals surface area contributed by atoms with Crippen molar-refractivity contribution >= 4 is 11.7 Å². The molecule has 4 aromatic rings. The Bertz CT molecular complexity index is 1200. The lowest BCUT2D eigenvalue weighted by atomic mass is 9.96. The number of hydrogen-bond donors (Lipinski definition) is 1. The number of aromatic nitrogens is 5. The summed E-state index contributed by atoms with van der Waals surface area (Å²) in [6, 6.07) is 11.5. The van der Waals surface area contributed by atoms with Crippen molar-refractivity contribution in [3.63, 3.8) is 0 Å². The summed E-state index contributed by atoms with van der Waals surface area (Å²) in [6.07, 6.45) is 4.87. The lowest BCUT2D eigenvalue weighted by Crippen LogP contribution is -2.31. The number of carbonyl (C=O) groups excluding carboxylic acids is 1. The fraction of sp³-hybridized carbons (Fsp3) is 0.261. The predicted octanol–water partition coefficient (Wildman–Crippen LogP) is 3.78. The van der Waals surface area contributed by atoms with Gasteiger partial charge in [-0.15, -0.1) is 0 Å². The monoisotopic (exact) mass is 400 g/mol. The zero-order valence-electron chi connectivity index (χ0n) is 17.5. The van der Waals surface area contributed by atoms with Crippen molar-refractivity contribution in [2.24, 2.45) is 0 Å². The molecule has 0 aliphatic heterocycles. The molecule has 0 aliphatic rings. The molecule has 1 atom stereocenters. The average molecular weight is 400 g/mol. The van der Waals surface area contributed by atoms with Crippen LogP contribution in [0, 0.1) is 13.8 Å². The highest BCUT2D eigenvalue weighted by Gasteiger charge is 2.22. The number of rotatable bonds is 5. The molecule has 0 radical (unpaired) electrons. The van der Waals surface area contributed by atoms with Gasteiger partial charge in [0.05, 0.1) is 6.04 Å². The SMILES string of the molecule is Cc1ccc([C@H](NC(=O)c2cc(C(C)C)nc3ncnn23)c2ccncc2)cc1C. The van der Waals surface area contributed by atoms with Gasteiger partial charge in [-0.05, 0) is 60.2 Å². The number of amides is 1. The van der Waals surface area contributed by atoms with E-state index in [0.717, 1.165) is 16.8 Å². The molecule has 1 amide bonds. The zero-order chi connectivity index (χ0) is 21.3. The Balaban J connectivity index is 1.77. The van der Waals surface area contributed by atoms with Gasteiger partial charge in [-0.3, -0.25) is 9.78 Å². The number of aryl methyl sites for hydroxylation is 2. The van der Waals surface area contributed by atoms with Gasteiger partial charge in [0.2, 0.25) is 0 Å². The molecule has 7 nitrogen and oxygen atoms in total. The second-order valence-electron chi connectivity index (χ2n) is 7.72. The molecule has 0 spiro atoms. The minimum absolute atomic E-state index is 0.161. The van der Waals surface area contributed by atoms with Crippen LogP contribution < -0.4 is 5.32 Å². The van der Waals surface area contributed by atoms with E-state index in [9.17, 15) is 4.79 Å². The minimum atomic E-state index is -0.325. The van der Waals surface area contributed by atoms with Crippen molar-refractivity contribution in [2.45, 2.75) is 39.7 Å². The van der Waals surface area contributed by atoms with Crippen molar-refractivity contribution in [3.05, 3.63) is 88.8 Å². The van der Waals surface area contributed by atoms with E-state index in [-0.39, 0.29) is 17.9 Å². The molecule has 30 heavy (non-hydrogen) atoms. The molecule has 3 aromatic heterocycles. The van der Waals surface area contributed by atoms with Gasteiger partial charge in [-0.1, -0.05) is 32.0 Å². The van der Waals surface area contributed by atoms with Crippen LogP contribution in [0.4, 0.5) is 0 Å². The van der Waals surface area contributed by atoms with Crippen molar-refractivity contribution in [1.29, 1.82) is 0 Å². The second-order valence-corrected chi connectivity index (χ2v) is 7.72. The van der Waals surface area contributed by atoms with Gasteiger partial charge in [-0.25, -0.2) is 4.98 Å². The maximum Gasteiger partial charge on any atom is 0.270 e. The molecule has 152 valence electrons. The molecule has 0 unspecified atom stereocenters. The summed E-state index contributed by atoms with van der Waals surface area (Å²) in [5.74, 6) is 0.335. The molecule has 0 bridgehead atoms. The normalized spacial score (nSPS) is 12.3. The van der Waals surface area contributed by atoms with Gasteiger partial charge in [0.1, 0.15) is 12.0 Å². The molecule has 0 fully saturated rings. The Hall–Kier alpha value is -3.61. The second kappa shape index (κ2) is 8.02. The Kier molecular flexibility index (Phi) is 5.27. The van der Waals surface area contributed by atoms with Crippen LogP contribution in [0.15, 0.2) is 55.1 Å². The van der Waals surface area contributed by atoms with E-state index < -0.39 is 0 Å². The smallest absolute Gasteiger partial charge is 0.270 e. The van der Waals surface area contributed by atoms with Crippen molar-refractivity contribution in [3.8, 4) is 0 Å². The molecule has 1 N–H and O–H groups in total. The first-order chi connectivity index (χ1) is 14.4. The Morgan fingerprint density at radius 1 is 1.00 bits per heavy atom. The lowest BCUT2D eigenvalue weighted by Gasteiger charge is -2.21. The molecular formula is C23H24N6O. The number of carbonyl (C=O) groups is 1. The minimum Gasteiger partial charge on any atom is -0.340 e. The van der Waals surface area contributed by atoms with Gasteiger partial charge in [0.25, 0.3) is 11.7 Å². The topological polar surface area (TPSA) is 85.1 Å². The highest BCUT2D eigenvalue weighted by molar-refractivity contribution is 5.93. The van der Waals surface area contributed by atoms with Crippen LogP contribution in [0.25, 0.3) is 5.78 Å². The highest BCUT2D eigenvalue weighted by Crippen LogP contribution is 2.25. The number of fused-ring (bicyclic) bond motifs is 1. The lowest BCUT2D eigenvalue weighted by molar-refractivity contribution is 0.0935. The van der Waals surface area contributed by atoms with Crippen molar-refractivity contribution < 1.29 is 4.79 Å². The fourth-order valence-electron chi connectivity index (χ4n) is 3.35. The van der Waals surface area contributed by atoms with Crippen LogP contribution in [0.3, 0.4) is 0 Å². The molecule has 0 saturated heterocycles. The van der Waals surface area contributed by atoms with E-state index in [4.69, 9.17) is 0 Å². The number of nitrogens with zero attached hydrogens (tertiary/aromatic N) is 5. The quantitative estimate of drug-likeness (QED) is 0.551. The number of hydrogen-bond acceptors (Lipinski definition) is 5. The third kappa shape index (κ3) is 3.78. The van der Waals surface area contributed by atoms with Gasteiger partial charge < -0.3 is 5.32 Å². The molecule has 4 rings (SSSR count). The maximum atomic E-state index is 13.4. The molecule has 1 aromatic carbocycles. The van der Waals surface area contributed by atoms with E-state index in [2.05, 4.69) is 51.3 Å². The van der Waals surface area contributed by atoms with Crippen LogP contribution in [0.1, 0.15) is 64.2 Å². The average Bonchev–Trinajstić information content (AvgIpc) is 3.22. The van der Waals surface area contributed by atoms with Crippen LogP contribution in [0.2, 0.25) is 0 Å². The summed E-state index contributed by atoms with van der Waals surface area (Å²) >= 11 is 0. The Morgan fingerprint density at radius 3 is 2.47 bits per heavy atom. The molecule has 0 saturated carbocycles. The standard InChI is InChI=1S/C23H24N6O/c1-14(2)19-12-20(29-23(27-19)25-13-26-29)22(30)28-21(17-7-9-24-10-8-17)18-6-5-15(3)16(4)11-18/h5-14,21H,1-4H3,(H,28,30)/t21-/m1/s1. The van der Waals surface area contributed by atoms with Crippen molar-refractivity contribution in [2.75, 3.05) is 0 Å². The van der Waals surface area contributed by atoms with Crippen LogP contribution in [0.5, 0.6) is 0 Å². The largest absolute Gasteiger partial charge is 0.340 e. The van der Waals surface area contributed by atoms with E-state index in [1.807, 2.05) is 32.0 Å². The Morgan fingerprint density at radius 2 is 1.77 bits per heavy atom.